The van der Waals surface area contributed by atoms with Crippen molar-refractivity contribution in [2.24, 2.45) is 0 Å². The van der Waals surface area contributed by atoms with E-state index in [4.69, 9.17) is 9.47 Å². The van der Waals surface area contributed by atoms with Crippen molar-refractivity contribution < 1.29 is 14.3 Å². The van der Waals surface area contributed by atoms with Gasteiger partial charge in [-0.05, 0) is 25.1 Å². The maximum absolute atomic E-state index is 12.7. The standard InChI is InChI=1S/C19H19N3O3/c1-12-17(18(22-21-12)13-7-5-4-6-8-13)20-19(23)14-9-10-15(24-2)16(11-14)25-3/h4-11H,1-3H3,(H,20,23)(H,21,22). The van der Waals surface area contributed by atoms with Gasteiger partial charge in [-0.3, -0.25) is 9.89 Å². The second-order valence-electron chi connectivity index (χ2n) is 5.46. The highest BCUT2D eigenvalue weighted by Gasteiger charge is 2.17. The minimum atomic E-state index is -0.248. The van der Waals surface area contributed by atoms with E-state index in [1.807, 2.05) is 37.3 Å². The van der Waals surface area contributed by atoms with Crippen molar-refractivity contribution >= 4 is 11.6 Å². The summed E-state index contributed by atoms with van der Waals surface area (Å²) < 4.78 is 10.5. The minimum Gasteiger partial charge on any atom is -0.493 e. The van der Waals surface area contributed by atoms with Crippen molar-refractivity contribution in [3.8, 4) is 22.8 Å². The van der Waals surface area contributed by atoms with E-state index in [1.165, 1.54) is 7.11 Å². The monoisotopic (exact) mass is 337 g/mol. The Morgan fingerprint density at radius 2 is 1.76 bits per heavy atom. The number of nitrogens with zero attached hydrogens (tertiary/aromatic N) is 1. The molecule has 6 heteroatoms. The molecule has 0 aliphatic heterocycles. The lowest BCUT2D eigenvalue weighted by atomic mass is 10.1. The maximum Gasteiger partial charge on any atom is 0.255 e. The number of hydrogen-bond donors (Lipinski definition) is 2. The molecule has 1 aromatic heterocycles. The van der Waals surface area contributed by atoms with Crippen LogP contribution in [0.2, 0.25) is 0 Å². The predicted molar refractivity (Wildman–Crippen MR) is 96.3 cm³/mol. The number of amides is 1. The fourth-order valence-electron chi connectivity index (χ4n) is 2.55. The average molecular weight is 337 g/mol. The summed E-state index contributed by atoms with van der Waals surface area (Å²) in [6.07, 6.45) is 0. The van der Waals surface area contributed by atoms with Gasteiger partial charge in [0, 0.05) is 11.1 Å². The van der Waals surface area contributed by atoms with Crippen LogP contribution in [0.1, 0.15) is 16.1 Å². The summed E-state index contributed by atoms with van der Waals surface area (Å²) in [6.45, 7) is 1.86. The highest BCUT2D eigenvalue weighted by molar-refractivity contribution is 6.06. The maximum atomic E-state index is 12.7. The van der Waals surface area contributed by atoms with Gasteiger partial charge in [-0.25, -0.2) is 0 Å². The number of nitrogens with one attached hydrogen (secondary N) is 2. The Labute approximate surface area is 145 Å². The topological polar surface area (TPSA) is 76.2 Å². The van der Waals surface area contributed by atoms with E-state index in [-0.39, 0.29) is 5.91 Å². The summed E-state index contributed by atoms with van der Waals surface area (Å²) in [5.74, 6) is 0.827. The number of carbonyl (C=O) groups excluding carboxylic acids is 1. The van der Waals surface area contributed by atoms with Crippen LogP contribution in [0.15, 0.2) is 48.5 Å². The first-order valence-electron chi connectivity index (χ1n) is 7.77. The Bertz CT molecular complexity index is 888. The number of carbonyl (C=O) groups is 1. The normalized spacial score (nSPS) is 10.4. The molecule has 1 heterocycles. The molecule has 0 spiro atoms. The van der Waals surface area contributed by atoms with E-state index >= 15 is 0 Å². The number of anilines is 1. The number of aromatic amines is 1. The van der Waals surface area contributed by atoms with Crippen molar-refractivity contribution in [3.63, 3.8) is 0 Å². The lowest BCUT2D eigenvalue weighted by Gasteiger charge is -2.10. The van der Waals surface area contributed by atoms with E-state index in [0.29, 0.717) is 28.4 Å². The summed E-state index contributed by atoms with van der Waals surface area (Å²) in [6, 6.07) is 14.7. The third kappa shape index (κ3) is 3.33. The Morgan fingerprint density at radius 3 is 2.44 bits per heavy atom. The van der Waals surface area contributed by atoms with Gasteiger partial charge >= 0.3 is 0 Å². The number of methoxy groups -OCH3 is 2. The molecule has 2 aromatic carbocycles. The van der Waals surface area contributed by atoms with Crippen LogP contribution in [0.4, 0.5) is 5.69 Å². The van der Waals surface area contributed by atoms with E-state index in [1.54, 1.807) is 25.3 Å². The van der Waals surface area contributed by atoms with Gasteiger partial charge in [0.05, 0.1) is 25.6 Å². The Balaban J connectivity index is 1.91. The number of H-pyrrole nitrogens is 1. The molecule has 0 fully saturated rings. The van der Waals surface area contributed by atoms with Crippen LogP contribution < -0.4 is 14.8 Å². The molecule has 0 aliphatic rings. The van der Waals surface area contributed by atoms with E-state index in [9.17, 15) is 4.79 Å². The van der Waals surface area contributed by atoms with Crippen LogP contribution in [0, 0.1) is 6.92 Å². The molecular formula is C19H19N3O3. The molecule has 0 aliphatic carbocycles. The van der Waals surface area contributed by atoms with Crippen molar-refractivity contribution in [3.05, 3.63) is 59.8 Å². The number of rotatable bonds is 5. The molecule has 25 heavy (non-hydrogen) atoms. The zero-order valence-electron chi connectivity index (χ0n) is 14.3. The number of aryl methyl sites for hydroxylation is 1. The van der Waals surface area contributed by atoms with Crippen LogP contribution in [0.3, 0.4) is 0 Å². The number of hydrogen-bond acceptors (Lipinski definition) is 4. The smallest absolute Gasteiger partial charge is 0.255 e. The predicted octanol–water partition coefficient (Wildman–Crippen LogP) is 3.65. The van der Waals surface area contributed by atoms with Crippen LogP contribution in [-0.4, -0.2) is 30.3 Å². The molecule has 6 nitrogen and oxygen atoms in total. The first-order valence-corrected chi connectivity index (χ1v) is 7.77. The molecule has 1 amide bonds. The largest absolute Gasteiger partial charge is 0.493 e. The van der Waals surface area contributed by atoms with Crippen molar-refractivity contribution in [1.29, 1.82) is 0 Å². The summed E-state index contributed by atoms with van der Waals surface area (Å²) in [5, 5.41) is 10.2. The first-order chi connectivity index (χ1) is 12.1. The molecule has 0 saturated carbocycles. The molecular weight excluding hydrogens is 318 g/mol. The highest BCUT2D eigenvalue weighted by atomic mass is 16.5. The molecule has 128 valence electrons. The molecule has 3 rings (SSSR count). The number of ether oxygens (including phenoxy) is 2. The summed E-state index contributed by atoms with van der Waals surface area (Å²) >= 11 is 0. The van der Waals surface area contributed by atoms with E-state index in [2.05, 4.69) is 15.5 Å². The van der Waals surface area contributed by atoms with Gasteiger partial charge in [-0.2, -0.15) is 5.10 Å². The quantitative estimate of drug-likeness (QED) is 0.745. The Kier molecular flexibility index (Phi) is 4.70. The molecule has 0 radical (unpaired) electrons. The van der Waals surface area contributed by atoms with E-state index < -0.39 is 0 Å². The fraction of sp³-hybridized carbons (Fsp3) is 0.158. The SMILES string of the molecule is COc1ccc(C(=O)Nc2c(-c3ccccc3)n[nH]c2C)cc1OC. The zero-order valence-corrected chi connectivity index (χ0v) is 14.3. The van der Waals surface area contributed by atoms with Gasteiger partial charge in [-0.15, -0.1) is 0 Å². The van der Waals surface area contributed by atoms with Crippen LogP contribution >= 0.6 is 0 Å². The van der Waals surface area contributed by atoms with Crippen molar-refractivity contribution in [1.82, 2.24) is 10.2 Å². The zero-order chi connectivity index (χ0) is 17.8. The molecule has 0 saturated heterocycles. The molecule has 3 aromatic rings. The summed E-state index contributed by atoms with van der Waals surface area (Å²) in [7, 11) is 3.09. The number of aromatic nitrogens is 2. The van der Waals surface area contributed by atoms with Gasteiger partial charge in [0.15, 0.2) is 11.5 Å². The summed E-state index contributed by atoms with van der Waals surface area (Å²) in [4.78, 5) is 12.7. The third-order valence-corrected chi connectivity index (χ3v) is 3.88. The lowest BCUT2D eigenvalue weighted by Crippen LogP contribution is -2.13. The van der Waals surface area contributed by atoms with Crippen molar-refractivity contribution in [2.75, 3.05) is 19.5 Å². The lowest BCUT2D eigenvalue weighted by molar-refractivity contribution is 0.102. The second kappa shape index (κ2) is 7.09. The van der Waals surface area contributed by atoms with Gasteiger partial charge in [-0.1, -0.05) is 30.3 Å². The third-order valence-electron chi connectivity index (χ3n) is 3.88. The average Bonchev–Trinajstić information content (AvgIpc) is 3.02. The summed E-state index contributed by atoms with van der Waals surface area (Å²) in [5.41, 5.74) is 3.54. The molecule has 2 N–H and O–H groups in total. The van der Waals surface area contributed by atoms with Gasteiger partial charge in [0.2, 0.25) is 0 Å². The van der Waals surface area contributed by atoms with Gasteiger partial charge in [0.25, 0.3) is 5.91 Å². The fourth-order valence-corrected chi connectivity index (χ4v) is 2.55. The van der Waals surface area contributed by atoms with Gasteiger partial charge < -0.3 is 14.8 Å². The molecule has 0 bridgehead atoms. The molecule has 0 unspecified atom stereocenters. The Hall–Kier alpha value is -3.28. The van der Waals surface area contributed by atoms with E-state index in [0.717, 1.165) is 11.3 Å². The van der Waals surface area contributed by atoms with Crippen LogP contribution in [-0.2, 0) is 0 Å². The highest BCUT2D eigenvalue weighted by Crippen LogP contribution is 2.30. The van der Waals surface area contributed by atoms with Crippen LogP contribution in [0.5, 0.6) is 11.5 Å². The second-order valence-corrected chi connectivity index (χ2v) is 5.46. The van der Waals surface area contributed by atoms with Crippen molar-refractivity contribution in [2.45, 2.75) is 6.92 Å². The number of benzene rings is 2. The molecule has 0 atom stereocenters. The van der Waals surface area contributed by atoms with Gasteiger partial charge in [0.1, 0.15) is 5.69 Å². The minimum absolute atomic E-state index is 0.248. The van der Waals surface area contributed by atoms with Crippen LogP contribution in [0.25, 0.3) is 11.3 Å². The Morgan fingerprint density at radius 1 is 1.04 bits per heavy atom. The first kappa shape index (κ1) is 16.6.